The largest absolute Gasteiger partial charge is 0.491 e. The molecule has 0 aliphatic rings. The lowest BCUT2D eigenvalue weighted by Gasteiger charge is -2.18. The van der Waals surface area contributed by atoms with Gasteiger partial charge >= 0.3 is 0 Å². The van der Waals surface area contributed by atoms with E-state index in [2.05, 4.69) is 54.7 Å². The van der Waals surface area contributed by atoms with E-state index < -0.39 is 0 Å². The maximum Gasteiger partial charge on any atom is 0.119 e. The number of rotatable bonds is 11. The Morgan fingerprint density at radius 1 is 0.917 bits per heavy atom. The molecule has 0 heterocycles. The molecule has 3 nitrogen and oxygen atoms in total. The maximum absolute atomic E-state index is 5.67. The molecule has 0 aromatic heterocycles. The summed E-state index contributed by atoms with van der Waals surface area (Å²) in [5, 5.41) is 3.65. The van der Waals surface area contributed by atoms with E-state index >= 15 is 0 Å². The fourth-order valence-electron chi connectivity index (χ4n) is 2.69. The molecule has 3 heteroatoms. The first kappa shape index (κ1) is 18.5. The van der Waals surface area contributed by atoms with Gasteiger partial charge in [0, 0.05) is 12.6 Å². The van der Waals surface area contributed by atoms with Crippen LogP contribution in [-0.2, 0) is 11.2 Å². The van der Waals surface area contributed by atoms with Gasteiger partial charge in [0.2, 0.25) is 0 Å². The molecule has 2 aromatic carbocycles. The van der Waals surface area contributed by atoms with Gasteiger partial charge in [-0.15, -0.1) is 0 Å². The molecule has 1 N–H and O–H groups in total. The molecular weight excluding hydrogens is 298 g/mol. The highest BCUT2D eigenvalue weighted by atomic mass is 16.5. The summed E-state index contributed by atoms with van der Waals surface area (Å²) in [6.07, 6.45) is 2.12. The molecule has 130 valence electrons. The van der Waals surface area contributed by atoms with Crippen LogP contribution in [0.15, 0.2) is 54.6 Å². The standard InChI is InChI=1S/C21H29NO2/c1-3-21(22-15-14-18-8-6-5-7-9-18)19-10-12-20(13-11-19)24-17-16-23-4-2/h5-13,21-22H,3-4,14-17H2,1-2H3. The van der Waals surface area contributed by atoms with Crippen molar-refractivity contribution in [2.45, 2.75) is 32.7 Å². The van der Waals surface area contributed by atoms with Gasteiger partial charge in [0.25, 0.3) is 0 Å². The second-order valence-corrected chi connectivity index (χ2v) is 5.76. The van der Waals surface area contributed by atoms with Crippen LogP contribution < -0.4 is 10.1 Å². The van der Waals surface area contributed by atoms with Crippen molar-refractivity contribution in [2.24, 2.45) is 0 Å². The first-order valence-corrected chi connectivity index (χ1v) is 8.91. The number of hydrogen-bond acceptors (Lipinski definition) is 3. The molecular formula is C21H29NO2. The Balaban J connectivity index is 1.79. The van der Waals surface area contributed by atoms with Crippen LogP contribution in [0.5, 0.6) is 5.75 Å². The predicted octanol–water partition coefficient (Wildman–Crippen LogP) is 4.39. The molecule has 0 radical (unpaired) electrons. The van der Waals surface area contributed by atoms with E-state index in [0.717, 1.165) is 31.7 Å². The Morgan fingerprint density at radius 2 is 1.67 bits per heavy atom. The Labute approximate surface area is 146 Å². The third kappa shape index (κ3) is 6.34. The average molecular weight is 327 g/mol. The zero-order chi connectivity index (χ0) is 17.0. The van der Waals surface area contributed by atoms with E-state index in [1.54, 1.807) is 0 Å². The van der Waals surface area contributed by atoms with Crippen LogP contribution in [0.1, 0.15) is 37.4 Å². The Hall–Kier alpha value is -1.84. The summed E-state index contributed by atoms with van der Waals surface area (Å²) in [5.41, 5.74) is 2.68. The third-order valence-corrected chi connectivity index (χ3v) is 4.04. The molecule has 0 aliphatic heterocycles. The minimum atomic E-state index is 0.381. The topological polar surface area (TPSA) is 30.5 Å². The summed E-state index contributed by atoms with van der Waals surface area (Å²) in [7, 11) is 0. The van der Waals surface area contributed by atoms with E-state index in [1.807, 2.05) is 19.1 Å². The van der Waals surface area contributed by atoms with E-state index in [4.69, 9.17) is 9.47 Å². The van der Waals surface area contributed by atoms with Gasteiger partial charge in [0.15, 0.2) is 0 Å². The van der Waals surface area contributed by atoms with E-state index in [0.29, 0.717) is 19.3 Å². The van der Waals surface area contributed by atoms with Crippen molar-refractivity contribution in [1.82, 2.24) is 5.32 Å². The fraction of sp³-hybridized carbons (Fsp3) is 0.429. The molecule has 0 saturated heterocycles. The SMILES string of the molecule is CCOCCOc1ccc(C(CC)NCCc2ccccc2)cc1. The fourth-order valence-corrected chi connectivity index (χ4v) is 2.69. The number of benzene rings is 2. The van der Waals surface area contributed by atoms with Crippen molar-refractivity contribution in [1.29, 1.82) is 0 Å². The van der Waals surface area contributed by atoms with Crippen LogP contribution in [-0.4, -0.2) is 26.4 Å². The Kier molecular flexibility index (Phi) is 8.36. The highest BCUT2D eigenvalue weighted by Crippen LogP contribution is 2.20. The van der Waals surface area contributed by atoms with E-state index in [9.17, 15) is 0 Å². The molecule has 2 rings (SSSR count). The molecule has 1 atom stereocenters. The van der Waals surface area contributed by atoms with Gasteiger partial charge in [-0.2, -0.15) is 0 Å². The normalized spacial score (nSPS) is 12.1. The summed E-state index contributed by atoms with van der Waals surface area (Å²) in [5.74, 6) is 0.901. The van der Waals surface area contributed by atoms with Crippen LogP contribution in [0, 0.1) is 0 Å². The monoisotopic (exact) mass is 327 g/mol. The smallest absolute Gasteiger partial charge is 0.119 e. The molecule has 0 amide bonds. The molecule has 0 bridgehead atoms. The molecule has 0 aliphatic carbocycles. The number of ether oxygens (including phenoxy) is 2. The summed E-state index contributed by atoms with van der Waals surface area (Å²) in [4.78, 5) is 0. The van der Waals surface area contributed by atoms with Crippen molar-refractivity contribution in [2.75, 3.05) is 26.4 Å². The lowest BCUT2D eigenvalue weighted by atomic mass is 10.0. The van der Waals surface area contributed by atoms with Gasteiger partial charge in [-0.05, 0) is 49.6 Å². The Morgan fingerprint density at radius 3 is 2.33 bits per heavy atom. The average Bonchev–Trinajstić information content (AvgIpc) is 2.64. The summed E-state index contributed by atoms with van der Waals surface area (Å²) in [6.45, 7) is 7.15. The van der Waals surface area contributed by atoms with Gasteiger partial charge in [-0.25, -0.2) is 0 Å². The summed E-state index contributed by atoms with van der Waals surface area (Å²) >= 11 is 0. The summed E-state index contributed by atoms with van der Waals surface area (Å²) < 4.78 is 11.0. The zero-order valence-corrected chi connectivity index (χ0v) is 14.8. The predicted molar refractivity (Wildman–Crippen MR) is 99.6 cm³/mol. The first-order valence-electron chi connectivity index (χ1n) is 8.91. The third-order valence-electron chi connectivity index (χ3n) is 4.04. The van der Waals surface area contributed by atoms with Crippen LogP contribution in [0.3, 0.4) is 0 Å². The van der Waals surface area contributed by atoms with Crippen molar-refractivity contribution in [3.05, 3.63) is 65.7 Å². The minimum Gasteiger partial charge on any atom is -0.491 e. The van der Waals surface area contributed by atoms with Gasteiger partial charge in [0.1, 0.15) is 12.4 Å². The van der Waals surface area contributed by atoms with Gasteiger partial charge < -0.3 is 14.8 Å². The van der Waals surface area contributed by atoms with Gasteiger partial charge in [0.05, 0.1) is 6.61 Å². The molecule has 0 spiro atoms. The summed E-state index contributed by atoms with van der Waals surface area (Å²) in [6, 6.07) is 19.4. The molecule has 0 fully saturated rings. The molecule has 2 aromatic rings. The van der Waals surface area contributed by atoms with Crippen molar-refractivity contribution in [3.8, 4) is 5.75 Å². The zero-order valence-electron chi connectivity index (χ0n) is 14.8. The lowest BCUT2D eigenvalue weighted by Crippen LogP contribution is -2.23. The Bertz CT molecular complexity index is 554. The second-order valence-electron chi connectivity index (χ2n) is 5.76. The van der Waals surface area contributed by atoms with Crippen LogP contribution >= 0.6 is 0 Å². The highest BCUT2D eigenvalue weighted by Gasteiger charge is 2.08. The first-order chi connectivity index (χ1) is 11.8. The molecule has 24 heavy (non-hydrogen) atoms. The van der Waals surface area contributed by atoms with Crippen molar-refractivity contribution in [3.63, 3.8) is 0 Å². The van der Waals surface area contributed by atoms with Crippen LogP contribution in [0.2, 0.25) is 0 Å². The van der Waals surface area contributed by atoms with Crippen molar-refractivity contribution >= 4 is 0 Å². The van der Waals surface area contributed by atoms with E-state index in [1.165, 1.54) is 11.1 Å². The second kappa shape index (κ2) is 10.8. The number of hydrogen-bond donors (Lipinski definition) is 1. The minimum absolute atomic E-state index is 0.381. The van der Waals surface area contributed by atoms with Crippen LogP contribution in [0.25, 0.3) is 0 Å². The van der Waals surface area contributed by atoms with Gasteiger partial charge in [-0.1, -0.05) is 49.4 Å². The quantitative estimate of drug-likeness (QED) is 0.621. The lowest BCUT2D eigenvalue weighted by molar-refractivity contribution is 0.110. The number of nitrogens with one attached hydrogen (secondary N) is 1. The molecule has 0 saturated carbocycles. The maximum atomic E-state index is 5.67. The highest BCUT2D eigenvalue weighted by molar-refractivity contribution is 5.29. The molecule has 1 unspecified atom stereocenters. The van der Waals surface area contributed by atoms with Crippen molar-refractivity contribution < 1.29 is 9.47 Å². The van der Waals surface area contributed by atoms with Gasteiger partial charge in [-0.3, -0.25) is 0 Å². The van der Waals surface area contributed by atoms with Crippen LogP contribution in [0.4, 0.5) is 0 Å². The van der Waals surface area contributed by atoms with E-state index in [-0.39, 0.29) is 0 Å².